The summed E-state index contributed by atoms with van der Waals surface area (Å²) in [5.74, 6) is -0.621. The lowest BCUT2D eigenvalue weighted by atomic mass is 10.3. The molecule has 0 aromatic carbocycles. The lowest BCUT2D eigenvalue weighted by Crippen LogP contribution is -2.30. The molecule has 0 saturated heterocycles. The van der Waals surface area contributed by atoms with Crippen molar-refractivity contribution in [3.8, 4) is 0 Å². The molecule has 1 amide bonds. The number of hydrogen-bond donors (Lipinski definition) is 1. The predicted octanol–water partition coefficient (Wildman–Crippen LogP) is 0.0418. The number of ether oxygens (including phenoxy) is 1. The van der Waals surface area contributed by atoms with Gasteiger partial charge in [-0.1, -0.05) is 5.21 Å². The van der Waals surface area contributed by atoms with Crippen LogP contribution in [0.25, 0.3) is 0 Å². The summed E-state index contributed by atoms with van der Waals surface area (Å²) in [6.07, 6.45) is 2.08. The number of nitrogens with zero attached hydrogens (tertiary/aromatic N) is 3. The third-order valence-electron chi connectivity index (χ3n) is 2.69. The largest absolute Gasteiger partial charge is 0.461 e. The third kappa shape index (κ3) is 2.85. The van der Waals surface area contributed by atoms with Gasteiger partial charge in [-0.3, -0.25) is 4.79 Å². The molecule has 98 valence electrons. The van der Waals surface area contributed by atoms with E-state index in [2.05, 4.69) is 15.6 Å². The van der Waals surface area contributed by atoms with Gasteiger partial charge in [0.05, 0.1) is 12.3 Å². The molecule has 2 rings (SSSR count). The highest BCUT2D eigenvalue weighted by atomic mass is 16.5. The molecule has 0 bridgehead atoms. The van der Waals surface area contributed by atoms with E-state index in [1.165, 1.54) is 4.68 Å². The Labute approximate surface area is 104 Å². The van der Waals surface area contributed by atoms with Gasteiger partial charge in [-0.2, -0.15) is 0 Å². The Morgan fingerprint density at radius 1 is 1.50 bits per heavy atom. The van der Waals surface area contributed by atoms with E-state index in [1.807, 2.05) is 0 Å². The van der Waals surface area contributed by atoms with Crippen molar-refractivity contribution in [1.29, 1.82) is 0 Å². The molecule has 0 radical (unpaired) electrons. The zero-order chi connectivity index (χ0) is 13.1. The minimum Gasteiger partial charge on any atom is -0.461 e. The summed E-state index contributed by atoms with van der Waals surface area (Å²) >= 11 is 0. The van der Waals surface area contributed by atoms with Crippen molar-refractivity contribution >= 4 is 11.9 Å². The number of hydrogen-bond acceptors (Lipinski definition) is 5. The second-order valence-corrected chi connectivity index (χ2v) is 4.24. The van der Waals surface area contributed by atoms with Crippen LogP contribution in [0.15, 0.2) is 0 Å². The molecule has 1 heterocycles. The highest BCUT2D eigenvalue weighted by molar-refractivity contribution is 5.88. The van der Waals surface area contributed by atoms with Gasteiger partial charge in [-0.25, -0.2) is 9.48 Å². The predicted molar refractivity (Wildman–Crippen MR) is 61.9 cm³/mol. The van der Waals surface area contributed by atoms with E-state index in [1.54, 1.807) is 13.8 Å². The number of carbonyl (C=O) groups is 2. The lowest BCUT2D eigenvalue weighted by Gasteiger charge is -2.04. The molecule has 1 aliphatic rings. The normalized spacial score (nSPS) is 14.3. The smallest absolute Gasteiger partial charge is 0.360 e. The second kappa shape index (κ2) is 5.16. The Kier molecular flexibility index (Phi) is 3.59. The third-order valence-corrected chi connectivity index (χ3v) is 2.69. The van der Waals surface area contributed by atoms with Crippen LogP contribution in [-0.4, -0.2) is 39.5 Å². The quantitative estimate of drug-likeness (QED) is 0.748. The van der Waals surface area contributed by atoms with Gasteiger partial charge in [0.1, 0.15) is 6.54 Å². The number of rotatable bonds is 5. The molecule has 0 atom stereocenters. The van der Waals surface area contributed by atoms with Crippen molar-refractivity contribution in [2.75, 3.05) is 6.61 Å². The molecule has 1 fully saturated rings. The van der Waals surface area contributed by atoms with Crippen LogP contribution in [0.4, 0.5) is 0 Å². The van der Waals surface area contributed by atoms with E-state index in [0.717, 1.165) is 12.8 Å². The monoisotopic (exact) mass is 252 g/mol. The molecule has 0 unspecified atom stereocenters. The molecule has 1 N–H and O–H groups in total. The van der Waals surface area contributed by atoms with Gasteiger partial charge in [0.25, 0.3) is 0 Å². The maximum Gasteiger partial charge on any atom is 0.360 e. The summed E-state index contributed by atoms with van der Waals surface area (Å²) in [6.45, 7) is 3.78. The molecule has 1 aliphatic carbocycles. The fourth-order valence-corrected chi connectivity index (χ4v) is 1.54. The maximum atomic E-state index is 11.6. The molecular weight excluding hydrogens is 236 g/mol. The van der Waals surface area contributed by atoms with E-state index in [0.29, 0.717) is 11.7 Å². The Bertz CT molecular complexity index is 465. The molecule has 1 aromatic heterocycles. The van der Waals surface area contributed by atoms with Crippen LogP contribution in [-0.2, 0) is 16.1 Å². The van der Waals surface area contributed by atoms with Gasteiger partial charge < -0.3 is 10.1 Å². The molecule has 0 aliphatic heterocycles. The van der Waals surface area contributed by atoms with E-state index < -0.39 is 5.97 Å². The summed E-state index contributed by atoms with van der Waals surface area (Å²) in [4.78, 5) is 23.1. The van der Waals surface area contributed by atoms with Gasteiger partial charge in [-0.05, 0) is 26.7 Å². The van der Waals surface area contributed by atoms with Crippen LogP contribution < -0.4 is 5.32 Å². The Morgan fingerprint density at radius 2 is 2.22 bits per heavy atom. The van der Waals surface area contributed by atoms with Crippen LogP contribution in [0.3, 0.4) is 0 Å². The van der Waals surface area contributed by atoms with Crippen LogP contribution >= 0.6 is 0 Å². The lowest BCUT2D eigenvalue weighted by molar-refractivity contribution is -0.122. The average molecular weight is 252 g/mol. The second-order valence-electron chi connectivity index (χ2n) is 4.24. The molecule has 1 saturated carbocycles. The van der Waals surface area contributed by atoms with Crippen molar-refractivity contribution < 1.29 is 14.3 Å². The standard InChI is InChI=1S/C11H16N4O3/c1-3-18-11(17)10-7(2)15(14-13-10)6-9(16)12-8-4-5-8/h8H,3-6H2,1-2H3,(H,12,16). The fourth-order valence-electron chi connectivity index (χ4n) is 1.54. The first kappa shape index (κ1) is 12.5. The highest BCUT2D eigenvalue weighted by Gasteiger charge is 2.24. The van der Waals surface area contributed by atoms with E-state index >= 15 is 0 Å². The fraction of sp³-hybridized carbons (Fsp3) is 0.636. The summed E-state index contributed by atoms with van der Waals surface area (Å²) in [7, 11) is 0. The van der Waals surface area contributed by atoms with Crippen LogP contribution in [0.1, 0.15) is 35.9 Å². The van der Waals surface area contributed by atoms with Gasteiger partial charge in [0, 0.05) is 6.04 Å². The van der Waals surface area contributed by atoms with Crippen molar-refractivity contribution in [2.24, 2.45) is 0 Å². The molecule has 0 spiro atoms. The molecular formula is C11H16N4O3. The molecule has 18 heavy (non-hydrogen) atoms. The SMILES string of the molecule is CCOC(=O)c1nnn(CC(=O)NC2CC2)c1C. The van der Waals surface area contributed by atoms with Gasteiger partial charge in [0.2, 0.25) is 5.91 Å². The average Bonchev–Trinajstić information content (AvgIpc) is 3.04. The highest BCUT2D eigenvalue weighted by Crippen LogP contribution is 2.18. The number of esters is 1. The van der Waals surface area contributed by atoms with Gasteiger partial charge >= 0.3 is 5.97 Å². The summed E-state index contributed by atoms with van der Waals surface area (Å²) in [6, 6.07) is 0.311. The van der Waals surface area contributed by atoms with Crippen molar-refractivity contribution in [2.45, 2.75) is 39.3 Å². The Hall–Kier alpha value is -1.92. The molecule has 1 aromatic rings. The van der Waals surface area contributed by atoms with E-state index in [-0.39, 0.29) is 24.8 Å². The van der Waals surface area contributed by atoms with Crippen molar-refractivity contribution in [3.05, 3.63) is 11.4 Å². The van der Waals surface area contributed by atoms with Crippen LogP contribution in [0, 0.1) is 6.92 Å². The number of amides is 1. The van der Waals surface area contributed by atoms with Crippen molar-refractivity contribution in [1.82, 2.24) is 20.3 Å². The summed E-state index contributed by atoms with van der Waals surface area (Å²) in [5.41, 5.74) is 0.704. The summed E-state index contributed by atoms with van der Waals surface area (Å²) in [5, 5.41) is 10.4. The first-order valence-corrected chi connectivity index (χ1v) is 5.98. The zero-order valence-corrected chi connectivity index (χ0v) is 10.5. The van der Waals surface area contributed by atoms with Crippen LogP contribution in [0.2, 0.25) is 0 Å². The Morgan fingerprint density at radius 3 is 2.83 bits per heavy atom. The minimum absolute atomic E-state index is 0.0781. The van der Waals surface area contributed by atoms with Gasteiger partial charge in [-0.15, -0.1) is 5.10 Å². The minimum atomic E-state index is -0.510. The molecule has 7 nitrogen and oxygen atoms in total. The molecule has 7 heteroatoms. The number of carbonyl (C=O) groups excluding carboxylic acids is 2. The first-order valence-electron chi connectivity index (χ1n) is 5.98. The topological polar surface area (TPSA) is 86.1 Å². The van der Waals surface area contributed by atoms with Crippen LogP contribution in [0.5, 0.6) is 0 Å². The van der Waals surface area contributed by atoms with E-state index in [9.17, 15) is 9.59 Å². The van der Waals surface area contributed by atoms with Crippen molar-refractivity contribution in [3.63, 3.8) is 0 Å². The zero-order valence-electron chi connectivity index (χ0n) is 10.5. The number of aromatic nitrogens is 3. The summed E-state index contributed by atoms with van der Waals surface area (Å²) < 4.78 is 6.25. The maximum absolute atomic E-state index is 11.6. The number of nitrogens with one attached hydrogen (secondary N) is 1. The van der Waals surface area contributed by atoms with Gasteiger partial charge in [0.15, 0.2) is 5.69 Å². The van der Waals surface area contributed by atoms with E-state index in [4.69, 9.17) is 4.74 Å². The first-order chi connectivity index (χ1) is 8.61. The Balaban J connectivity index is 2.00.